The van der Waals surface area contributed by atoms with Crippen molar-refractivity contribution in [2.75, 3.05) is 17.2 Å². The number of likely N-dealkylation sites (tertiary alicyclic amines) is 1. The summed E-state index contributed by atoms with van der Waals surface area (Å²) in [7, 11) is 0. The molecule has 2 aromatic rings. The average molecular weight is 351 g/mol. The molecule has 0 radical (unpaired) electrons. The number of hydrogen-bond donors (Lipinski definition) is 2. The van der Waals surface area contributed by atoms with Crippen molar-refractivity contribution in [1.82, 2.24) is 4.90 Å². The van der Waals surface area contributed by atoms with Gasteiger partial charge in [0, 0.05) is 30.0 Å². The van der Waals surface area contributed by atoms with Gasteiger partial charge in [0.1, 0.15) is 6.04 Å². The van der Waals surface area contributed by atoms with Gasteiger partial charge < -0.3 is 15.5 Å². The van der Waals surface area contributed by atoms with Gasteiger partial charge in [0.2, 0.25) is 11.8 Å². The van der Waals surface area contributed by atoms with E-state index in [-0.39, 0.29) is 17.7 Å². The van der Waals surface area contributed by atoms with E-state index in [0.29, 0.717) is 13.0 Å². The van der Waals surface area contributed by atoms with E-state index in [0.717, 1.165) is 23.5 Å². The fourth-order valence-corrected chi connectivity index (χ4v) is 3.31. The molecule has 0 aromatic heterocycles. The third kappa shape index (κ3) is 4.23. The molecule has 1 atom stereocenters. The van der Waals surface area contributed by atoms with E-state index < -0.39 is 6.04 Å². The molecule has 0 unspecified atom stereocenters. The summed E-state index contributed by atoms with van der Waals surface area (Å²) in [4.78, 5) is 26.5. The van der Waals surface area contributed by atoms with Gasteiger partial charge in [-0.2, -0.15) is 0 Å². The molecule has 1 aliphatic rings. The van der Waals surface area contributed by atoms with Crippen molar-refractivity contribution >= 4 is 28.9 Å². The highest BCUT2D eigenvalue weighted by Crippen LogP contribution is 2.22. The minimum atomic E-state index is -0.424. The number of carbonyl (C=O) groups excluding carboxylic acids is 2. The van der Waals surface area contributed by atoms with E-state index in [2.05, 4.69) is 10.6 Å². The summed E-state index contributed by atoms with van der Waals surface area (Å²) in [6.07, 6.45) is 1.37. The lowest BCUT2D eigenvalue weighted by Crippen LogP contribution is -2.47. The molecule has 0 aliphatic carbocycles. The highest BCUT2D eigenvalue weighted by atomic mass is 16.2. The number of hydrogen-bond acceptors (Lipinski definition) is 3. The van der Waals surface area contributed by atoms with E-state index >= 15 is 0 Å². The average Bonchev–Trinajstić information content (AvgIpc) is 3.03. The normalized spacial score (nSPS) is 15.2. The summed E-state index contributed by atoms with van der Waals surface area (Å²) in [6.45, 7) is 4.61. The van der Waals surface area contributed by atoms with E-state index in [4.69, 9.17) is 0 Å². The van der Waals surface area contributed by atoms with Crippen molar-refractivity contribution in [1.29, 1.82) is 0 Å². The summed E-state index contributed by atoms with van der Waals surface area (Å²) < 4.78 is 0. The van der Waals surface area contributed by atoms with Crippen LogP contribution < -0.4 is 10.6 Å². The highest BCUT2D eigenvalue weighted by molar-refractivity contribution is 5.97. The van der Waals surface area contributed by atoms with Gasteiger partial charge in [-0.15, -0.1) is 0 Å². The standard InChI is InChI=1S/C21H25N3O2/c1-15(2)20(24-14-6-9-19(24)25)21(26)23-18-12-10-17(11-13-18)22-16-7-4-3-5-8-16/h3-5,7-8,10-13,15,20,22H,6,9,14H2,1-2H3,(H,23,26)/t20-/m1/s1. The third-order valence-electron chi connectivity index (χ3n) is 4.56. The molecule has 5 heteroatoms. The first-order chi connectivity index (χ1) is 12.5. The smallest absolute Gasteiger partial charge is 0.247 e. The third-order valence-corrected chi connectivity index (χ3v) is 4.56. The Hall–Kier alpha value is -2.82. The maximum atomic E-state index is 12.7. The quantitative estimate of drug-likeness (QED) is 0.826. The Labute approximate surface area is 154 Å². The number of carbonyl (C=O) groups is 2. The Kier molecular flexibility index (Phi) is 5.56. The Morgan fingerprint density at radius 3 is 2.15 bits per heavy atom. The monoisotopic (exact) mass is 351 g/mol. The summed E-state index contributed by atoms with van der Waals surface area (Å²) >= 11 is 0. The first kappa shape index (κ1) is 18.0. The molecule has 26 heavy (non-hydrogen) atoms. The molecule has 0 bridgehead atoms. The van der Waals surface area contributed by atoms with E-state index in [1.54, 1.807) is 4.90 Å². The molecular weight excluding hydrogens is 326 g/mol. The molecule has 2 N–H and O–H groups in total. The summed E-state index contributed by atoms with van der Waals surface area (Å²) in [5.74, 6) is 0.0105. The molecule has 0 spiro atoms. The van der Waals surface area contributed by atoms with Gasteiger partial charge in [-0.05, 0) is 48.7 Å². The van der Waals surface area contributed by atoms with Gasteiger partial charge in [-0.3, -0.25) is 9.59 Å². The van der Waals surface area contributed by atoms with Crippen LogP contribution in [0.2, 0.25) is 0 Å². The summed E-state index contributed by atoms with van der Waals surface area (Å²) in [5, 5.41) is 6.26. The van der Waals surface area contributed by atoms with Crippen molar-refractivity contribution in [2.45, 2.75) is 32.7 Å². The second-order valence-corrected chi connectivity index (χ2v) is 6.94. The topological polar surface area (TPSA) is 61.4 Å². The summed E-state index contributed by atoms with van der Waals surface area (Å²) in [5.41, 5.74) is 2.69. The zero-order valence-corrected chi connectivity index (χ0v) is 15.2. The molecule has 5 nitrogen and oxygen atoms in total. The van der Waals surface area contributed by atoms with Gasteiger partial charge >= 0.3 is 0 Å². The van der Waals surface area contributed by atoms with Crippen LogP contribution in [-0.2, 0) is 9.59 Å². The Balaban J connectivity index is 1.65. The summed E-state index contributed by atoms with van der Waals surface area (Å²) in [6, 6.07) is 17.1. The Bertz CT molecular complexity index is 757. The number of nitrogens with one attached hydrogen (secondary N) is 2. The van der Waals surface area contributed by atoms with Crippen molar-refractivity contribution in [2.24, 2.45) is 5.92 Å². The van der Waals surface area contributed by atoms with Crippen molar-refractivity contribution < 1.29 is 9.59 Å². The zero-order chi connectivity index (χ0) is 18.5. The molecule has 1 fully saturated rings. The number of para-hydroxylation sites is 1. The second kappa shape index (κ2) is 8.04. The van der Waals surface area contributed by atoms with Crippen LogP contribution in [-0.4, -0.2) is 29.3 Å². The number of rotatable bonds is 6. The minimum Gasteiger partial charge on any atom is -0.356 e. The van der Waals surface area contributed by atoms with Crippen LogP contribution in [0.5, 0.6) is 0 Å². The number of anilines is 3. The van der Waals surface area contributed by atoms with Gasteiger partial charge in [0.05, 0.1) is 0 Å². The largest absolute Gasteiger partial charge is 0.356 e. The lowest BCUT2D eigenvalue weighted by Gasteiger charge is -2.29. The van der Waals surface area contributed by atoms with Crippen LogP contribution in [0, 0.1) is 5.92 Å². The minimum absolute atomic E-state index is 0.0658. The predicted molar refractivity (Wildman–Crippen MR) is 104 cm³/mol. The Morgan fingerprint density at radius 1 is 0.962 bits per heavy atom. The van der Waals surface area contributed by atoms with Crippen LogP contribution in [0.1, 0.15) is 26.7 Å². The van der Waals surface area contributed by atoms with E-state index in [1.165, 1.54) is 0 Å². The SMILES string of the molecule is CC(C)[C@H](C(=O)Nc1ccc(Nc2ccccc2)cc1)N1CCCC1=O. The fourth-order valence-electron chi connectivity index (χ4n) is 3.31. The number of nitrogens with zero attached hydrogens (tertiary/aromatic N) is 1. The molecule has 136 valence electrons. The van der Waals surface area contributed by atoms with E-state index in [9.17, 15) is 9.59 Å². The van der Waals surface area contributed by atoms with Gasteiger partial charge in [0.25, 0.3) is 0 Å². The van der Waals surface area contributed by atoms with Crippen LogP contribution in [0.4, 0.5) is 17.1 Å². The zero-order valence-electron chi connectivity index (χ0n) is 15.2. The second-order valence-electron chi connectivity index (χ2n) is 6.94. The lowest BCUT2D eigenvalue weighted by atomic mass is 10.0. The lowest BCUT2D eigenvalue weighted by molar-refractivity contribution is -0.136. The maximum absolute atomic E-state index is 12.7. The van der Waals surface area contributed by atoms with Crippen LogP contribution in [0.25, 0.3) is 0 Å². The Morgan fingerprint density at radius 2 is 1.58 bits per heavy atom. The molecular formula is C21H25N3O2. The number of amides is 2. The molecule has 2 aromatic carbocycles. The number of benzene rings is 2. The van der Waals surface area contributed by atoms with Crippen molar-refractivity contribution in [3.8, 4) is 0 Å². The first-order valence-corrected chi connectivity index (χ1v) is 9.07. The van der Waals surface area contributed by atoms with Crippen molar-refractivity contribution in [3.05, 3.63) is 54.6 Å². The maximum Gasteiger partial charge on any atom is 0.247 e. The molecule has 1 aliphatic heterocycles. The van der Waals surface area contributed by atoms with Crippen molar-refractivity contribution in [3.63, 3.8) is 0 Å². The van der Waals surface area contributed by atoms with Crippen LogP contribution in [0.15, 0.2) is 54.6 Å². The predicted octanol–water partition coefficient (Wildman–Crippen LogP) is 4.02. The molecule has 2 amide bonds. The van der Waals surface area contributed by atoms with Gasteiger partial charge in [0.15, 0.2) is 0 Å². The molecule has 0 saturated carbocycles. The van der Waals surface area contributed by atoms with E-state index in [1.807, 2.05) is 68.4 Å². The molecule has 1 saturated heterocycles. The van der Waals surface area contributed by atoms with Gasteiger partial charge in [-0.25, -0.2) is 0 Å². The van der Waals surface area contributed by atoms with Crippen LogP contribution >= 0.6 is 0 Å². The first-order valence-electron chi connectivity index (χ1n) is 9.07. The van der Waals surface area contributed by atoms with Gasteiger partial charge in [-0.1, -0.05) is 32.0 Å². The molecule has 3 rings (SSSR count). The molecule has 1 heterocycles. The fraction of sp³-hybridized carbons (Fsp3) is 0.333. The van der Waals surface area contributed by atoms with Crippen LogP contribution in [0.3, 0.4) is 0 Å². The highest BCUT2D eigenvalue weighted by Gasteiger charge is 2.34.